The number of carbonyl (C=O) groups is 2. The summed E-state index contributed by atoms with van der Waals surface area (Å²) in [6, 6.07) is 6.74. The number of amides is 2. The van der Waals surface area contributed by atoms with Crippen LogP contribution >= 0.6 is 11.3 Å². The van der Waals surface area contributed by atoms with Gasteiger partial charge in [-0.2, -0.15) is 0 Å². The van der Waals surface area contributed by atoms with Gasteiger partial charge in [0, 0.05) is 21.7 Å². The van der Waals surface area contributed by atoms with E-state index in [1.54, 1.807) is 23.5 Å². The van der Waals surface area contributed by atoms with Crippen LogP contribution in [0.5, 0.6) is 0 Å². The predicted octanol–water partition coefficient (Wildman–Crippen LogP) is 2.81. The number of fused-ring (bicyclic) bond motifs is 3. The normalized spacial score (nSPS) is 12.4. The number of thiophene rings is 1. The van der Waals surface area contributed by atoms with Crippen LogP contribution < -0.4 is 10.6 Å². The number of carboxylic acid groups (broad SMARTS) is 1. The van der Waals surface area contributed by atoms with E-state index >= 15 is 0 Å². The third kappa shape index (κ3) is 3.57. The first-order valence-electron chi connectivity index (χ1n) is 9.28. The molecule has 0 radical (unpaired) electrons. The molecule has 0 saturated carbocycles. The number of nitrogens with zero attached hydrogens (tertiary/aromatic N) is 4. The highest BCUT2D eigenvalue weighted by Crippen LogP contribution is 2.36. The number of hydrogen-bond acceptors (Lipinski definition) is 6. The molecule has 3 aromatic rings. The summed E-state index contributed by atoms with van der Waals surface area (Å²) in [5.41, 5.74) is 4.59. The Morgan fingerprint density at radius 2 is 1.90 bits per heavy atom. The van der Waals surface area contributed by atoms with Crippen molar-refractivity contribution in [3.05, 3.63) is 57.5 Å². The number of benzene rings is 1. The zero-order chi connectivity index (χ0) is 21.4. The molecular formula is C20H20N6O3S. The molecule has 1 aliphatic heterocycles. The molecule has 9 nitrogen and oxygen atoms in total. The van der Waals surface area contributed by atoms with Gasteiger partial charge in [-0.05, 0) is 38.5 Å². The van der Waals surface area contributed by atoms with E-state index in [-0.39, 0.29) is 0 Å². The predicted molar refractivity (Wildman–Crippen MR) is 114 cm³/mol. The van der Waals surface area contributed by atoms with Crippen molar-refractivity contribution in [1.82, 2.24) is 20.1 Å². The van der Waals surface area contributed by atoms with E-state index in [0.717, 1.165) is 33.5 Å². The quantitative estimate of drug-likeness (QED) is 0.595. The van der Waals surface area contributed by atoms with Gasteiger partial charge in [-0.15, -0.1) is 21.5 Å². The molecule has 0 spiro atoms. The first-order valence-corrected chi connectivity index (χ1v) is 10.1. The lowest BCUT2D eigenvalue weighted by Crippen LogP contribution is -2.33. The molecule has 3 heterocycles. The molecule has 4 rings (SSSR count). The van der Waals surface area contributed by atoms with Gasteiger partial charge in [-0.25, -0.2) is 4.79 Å². The maximum absolute atomic E-state index is 11.8. The Kier molecular flexibility index (Phi) is 5.08. The second-order valence-corrected chi connectivity index (χ2v) is 8.11. The molecule has 0 fully saturated rings. The fraction of sp³-hybridized carbons (Fsp3) is 0.250. The minimum Gasteiger partial charge on any atom is -0.480 e. The van der Waals surface area contributed by atoms with Crippen LogP contribution in [0.3, 0.4) is 0 Å². The Morgan fingerprint density at radius 3 is 2.60 bits per heavy atom. The number of carbonyl (C=O) groups excluding carboxylic acids is 1. The average Bonchev–Trinajstić information content (AvgIpc) is 3.15. The van der Waals surface area contributed by atoms with Crippen LogP contribution in [0.2, 0.25) is 0 Å². The molecule has 30 heavy (non-hydrogen) atoms. The Bertz CT molecular complexity index is 1180. The molecule has 10 heteroatoms. The largest absolute Gasteiger partial charge is 0.480 e. The molecule has 154 valence electrons. The summed E-state index contributed by atoms with van der Waals surface area (Å²) in [5, 5.41) is 23.1. The third-order valence-electron chi connectivity index (χ3n) is 4.89. The van der Waals surface area contributed by atoms with Crippen LogP contribution in [-0.2, 0) is 11.3 Å². The first kappa shape index (κ1) is 19.8. The van der Waals surface area contributed by atoms with Gasteiger partial charge in [0.25, 0.3) is 0 Å². The van der Waals surface area contributed by atoms with Crippen molar-refractivity contribution < 1.29 is 14.7 Å². The minimum atomic E-state index is -1.10. The van der Waals surface area contributed by atoms with Crippen LogP contribution in [0.1, 0.15) is 33.2 Å². The summed E-state index contributed by atoms with van der Waals surface area (Å²) in [6.07, 6.45) is 0. The Labute approximate surface area is 176 Å². The van der Waals surface area contributed by atoms with Crippen molar-refractivity contribution in [2.45, 2.75) is 27.3 Å². The SMILES string of the molecule is Cc1sc2c(c1C)C(c1ccc(NC(=O)NCC(=O)O)cc1)=NCc1nnc(C)n1-2. The van der Waals surface area contributed by atoms with Crippen molar-refractivity contribution in [2.24, 2.45) is 4.99 Å². The molecule has 1 aliphatic rings. The van der Waals surface area contributed by atoms with Crippen LogP contribution in [-0.4, -0.2) is 44.1 Å². The standard InChI is InChI=1S/C20H20N6O3S/c1-10-11(2)30-19-17(10)18(21-8-15-25-24-12(3)26(15)19)13-4-6-14(7-5-13)23-20(29)22-9-16(27)28/h4-7H,8-9H2,1-3H3,(H,27,28)(H2,22,23,29). The lowest BCUT2D eigenvalue weighted by molar-refractivity contribution is -0.135. The minimum absolute atomic E-state index is 0.424. The fourth-order valence-electron chi connectivity index (χ4n) is 3.33. The maximum atomic E-state index is 11.8. The number of aromatic nitrogens is 3. The topological polar surface area (TPSA) is 122 Å². The molecule has 2 amide bonds. The molecule has 0 unspecified atom stereocenters. The Morgan fingerprint density at radius 1 is 1.17 bits per heavy atom. The monoisotopic (exact) mass is 424 g/mol. The van der Waals surface area contributed by atoms with E-state index in [4.69, 9.17) is 10.1 Å². The van der Waals surface area contributed by atoms with Gasteiger partial charge in [-0.1, -0.05) is 12.1 Å². The molecule has 0 aliphatic carbocycles. The van der Waals surface area contributed by atoms with Crippen molar-refractivity contribution in [3.8, 4) is 5.00 Å². The van der Waals surface area contributed by atoms with E-state index < -0.39 is 18.5 Å². The zero-order valence-corrected chi connectivity index (χ0v) is 17.5. The average molecular weight is 424 g/mol. The summed E-state index contributed by atoms with van der Waals surface area (Å²) in [5.74, 6) is 0.531. The third-order valence-corrected chi connectivity index (χ3v) is 6.09. The maximum Gasteiger partial charge on any atom is 0.323 e. The number of rotatable bonds is 4. The van der Waals surface area contributed by atoms with Gasteiger partial charge in [0.05, 0.1) is 5.71 Å². The summed E-state index contributed by atoms with van der Waals surface area (Å²) in [6.45, 7) is 6.10. The van der Waals surface area contributed by atoms with Gasteiger partial charge in [0.15, 0.2) is 5.82 Å². The highest BCUT2D eigenvalue weighted by molar-refractivity contribution is 7.15. The second kappa shape index (κ2) is 7.71. The molecule has 0 bridgehead atoms. The van der Waals surface area contributed by atoms with Crippen LogP contribution in [0.4, 0.5) is 10.5 Å². The lowest BCUT2D eigenvalue weighted by Gasteiger charge is -2.11. The van der Waals surface area contributed by atoms with Gasteiger partial charge in [-0.3, -0.25) is 14.4 Å². The van der Waals surface area contributed by atoms with Gasteiger partial charge in [0.1, 0.15) is 23.9 Å². The van der Waals surface area contributed by atoms with E-state index in [1.807, 2.05) is 19.1 Å². The zero-order valence-electron chi connectivity index (χ0n) is 16.7. The Balaban J connectivity index is 1.66. The lowest BCUT2D eigenvalue weighted by atomic mass is 9.99. The van der Waals surface area contributed by atoms with Crippen LogP contribution in [0, 0.1) is 20.8 Å². The number of carboxylic acids is 1. The van der Waals surface area contributed by atoms with Crippen molar-refractivity contribution in [2.75, 3.05) is 11.9 Å². The molecule has 0 saturated heterocycles. The van der Waals surface area contributed by atoms with Crippen LogP contribution in [0.15, 0.2) is 29.3 Å². The highest BCUT2D eigenvalue weighted by Gasteiger charge is 2.26. The van der Waals surface area contributed by atoms with Crippen molar-refractivity contribution >= 4 is 34.7 Å². The van der Waals surface area contributed by atoms with Gasteiger partial charge < -0.3 is 15.7 Å². The number of aliphatic carboxylic acids is 1. The number of aliphatic imine (C=N–C) groups is 1. The molecule has 2 aromatic heterocycles. The number of aryl methyl sites for hydroxylation is 2. The van der Waals surface area contributed by atoms with Gasteiger partial charge >= 0.3 is 12.0 Å². The summed E-state index contributed by atoms with van der Waals surface area (Å²) >= 11 is 1.70. The van der Waals surface area contributed by atoms with Crippen LogP contribution in [0.25, 0.3) is 5.00 Å². The van der Waals surface area contributed by atoms with E-state index in [1.165, 1.54) is 10.4 Å². The summed E-state index contributed by atoms with van der Waals surface area (Å²) in [4.78, 5) is 28.4. The second-order valence-electron chi connectivity index (χ2n) is 6.91. The van der Waals surface area contributed by atoms with Crippen molar-refractivity contribution in [1.29, 1.82) is 0 Å². The number of anilines is 1. The number of nitrogens with one attached hydrogen (secondary N) is 2. The Hall–Kier alpha value is -3.53. The van der Waals surface area contributed by atoms with Crippen molar-refractivity contribution in [3.63, 3.8) is 0 Å². The fourth-order valence-corrected chi connectivity index (χ4v) is 4.55. The van der Waals surface area contributed by atoms with E-state index in [0.29, 0.717) is 12.2 Å². The van der Waals surface area contributed by atoms with E-state index in [9.17, 15) is 9.59 Å². The summed E-state index contributed by atoms with van der Waals surface area (Å²) < 4.78 is 2.07. The summed E-state index contributed by atoms with van der Waals surface area (Å²) in [7, 11) is 0. The molecule has 3 N–H and O–H groups in total. The van der Waals surface area contributed by atoms with Gasteiger partial charge in [0.2, 0.25) is 0 Å². The molecule has 1 aromatic carbocycles. The number of urea groups is 1. The number of hydrogen-bond donors (Lipinski definition) is 3. The first-order chi connectivity index (χ1) is 14.3. The highest BCUT2D eigenvalue weighted by atomic mass is 32.1. The smallest absolute Gasteiger partial charge is 0.323 e. The molecule has 0 atom stereocenters. The molecular weight excluding hydrogens is 404 g/mol. The van der Waals surface area contributed by atoms with E-state index in [2.05, 4.69) is 39.2 Å².